The number of aliphatic hydroxyl groups is 1. The van der Waals surface area contributed by atoms with Gasteiger partial charge in [0.1, 0.15) is 11.3 Å². The highest BCUT2D eigenvalue weighted by atomic mass is 32.2. The Balaban J connectivity index is 1.80. The minimum Gasteiger partial charge on any atom is -0.381 e. The van der Waals surface area contributed by atoms with Crippen LogP contribution in [0, 0.1) is 13.8 Å². The second kappa shape index (κ2) is 8.59. The van der Waals surface area contributed by atoms with Crippen LogP contribution in [0.15, 0.2) is 34.9 Å². The maximum atomic E-state index is 12.9. The van der Waals surface area contributed by atoms with E-state index in [1.165, 1.54) is 0 Å². The van der Waals surface area contributed by atoms with Crippen molar-refractivity contribution < 1.29 is 19.2 Å². The molecule has 0 saturated carbocycles. The summed E-state index contributed by atoms with van der Waals surface area (Å²) >= 11 is 1.67. The van der Waals surface area contributed by atoms with Gasteiger partial charge in [-0.3, -0.25) is 9.59 Å². The van der Waals surface area contributed by atoms with Crippen LogP contribution in [0.1, 0.15) is 41.2 Å². The Hall–Kier alpha value is -2.32. The summed E-state index contributed by atoms with van der Waals surface area (Å²) in [7, 11) is 0. The normalized spacial score (nSPS) is 17.8. The molecule has 0 radical (unpaired) electrons. The van der Waals surface area contributed by atoms with E-state index in [2.05, 4.69) is 24.3 Å². The van der Waals surface area contributed by atoms with E-state index in [0.717, 1.165) is 5.56 Å². The van der Waals surface area contributed by atoms with Crippen LogP contribution in [0.5, 0.6) is 0 Å². The fourth-order valence-corrected chi connectivity index (χ4v) is 4.43. The van der Waals surface area contributed by atoms with Gasteiger partial charge in [0.15, 0.2) is 6.10 Å². The van der Waals surface area contributed by atoms with E-state index in [1.54, 1.807) is 30.5 Å². The summed E-state index contributed by atoms with van der Waals surface area (Å²) in [5.41, 5.74) is 1.72. The highest BCUT2D eigenvalue weighted by molar-refractivity contribution is 8.00. The van der Waals surface area contributed by atoms with Crippen molar-refractivity contribution in [3.8, 4) is 0 Å². The van der Waals surface area contributed by atoms with E-state index < -0.39 is 18.1 Å². The van der Waals surface area contributed by atoms with Crippen molar-refractivity contribution in [1.29, 1.82) is 0 Å². The molecule has 0 bridgehead atoms. The standard InChI is InChI=1S/C21H27N3O4S/c1-13-17(14(2)28-23-13)19(26)22-16(10-15-8-6-5-7-9-15)18(25)20(27)24-11-21(3,4)29-12-24/h5-9,16,18,25H,10-12H2,1-4H3,(H,22,26)/t16-,18-/m0/s1. The monoisotopic (exact) mass is 417 g/mol. The predicted octanol–water partition coefficient (Wildman–Crippen LogP) is 2.30. The zero-order valence-corrected chi connectivity index (χ0v) is 18.0. The number of aryl methyl sites for hydroxylation is 2. The van der Waals surface area contributed by atoms with E-state index in [-0.39, 0.29) is 10.7 Å². The molecule has 7 nitrogen and oxygen atoms in total. The number of rotatable bonds is 6. The van der Waals surface area contributed by atoms with Crippen LogP contribution in [0.25, 0.3) is 0 Å². The van der Waals surface area contributed by atoms with E-state index in [1.807, 2.05) is 30.3 Å². The third-order valence-electron chi connectivity index (χ3n) is 5.00. The molecule has 1 aliphatic rings. The number of hydrogen-bond acceptors (Lipinski definition) is 6. The van der Waals surface area contributed by atoms with Gasteiger partial charge in [-0.05, 0) is 39.7 Å². The molecular formula is C21H27N3O4S. The molecule has 2 atom stereocenters. The topological polar surface area (TPSA) is 95.7 Å². The highest BCUT2D eigenvalue weighted by Gasteiger charge is 2.38. The molecule has 0 spiro atoms. The number of carbonyl (C=O) groups is 2. The summed E-state index contributed by atoms with van der Waals surface area (Å²) in [6.07, 6.45) is -1.03. The Bertz CT molecular complexity index is 862. The zero-order valence-electron chi connectivity index (χ0n) is 17.1. The van der Waals surface area contributed by atoms with Crippen LogP contribution < -0.4 is 5.32 Å². The minimum atomic E-state index is -1.35. The number of aliphatic hydroxyl groups excluding tert-OH is 1. The molecule has 2 amide bonds. The molecule has 2 heterocycles. The maximum absolute atomic E-state index is 12.9. The first kappa shape index (κ1) is 21.4. The quantitative estimate of drug-likeness (QED) is 0.749. The number of nitrogens with one attached hydrogen (secondary N) is 1. The molecule has 29 heavy (non-hydrogen) atoms. The third-order valence-corrected chi connectivity index (χ3v) is 6.36. The summed E-state index contributed by atoms with van der Waals surface area (Å²) in [4.78, 5) is 27.4. The molecule has 1 aromatic carbocycles. The molecule has 156 valence electrons. The van der Waals surface area contributed by atoms with Gasteiger partial charge < -0.3 is 19.8 Å². The Morgan fingerprint density at radius 3 is 2.55 bits per heavy atom. The lowest BCUT2D eigenvalue weighted by Crippen LogP contribution is -2.52. The van der Waals surface area contributed by atoms with Gasteiger partial charge in [0.05, 0.1) is 17.6 Å². The third kappa shape index (κ3) is 5.00. The van der Waals surface area contributed by atoms with Crippen molar-refractivity contribution in [2.75, 3.05) is 12.4 Å². The largest absolute Gasteiger partial charge is 0.381 e. The Kier molecular flexibility index (Phi) is 6.33. The number of aromatic nitrogens is 1. The van der Waals surface area contributed by atoms with Crippen LogP contribution in [0.4, 0.5) is 0 Å². The van der Waals surface area contributed by atoms with Crippen LogP contribution in [-0.4, -0.2) is 56.3 Å². The summed E-state index contributed by atoms with van der Waals surface area (Å²) in [6.45, 7) is 8.04. The summed E-state index contributed by atoms with van der Waals surface area (Å²) < 4.78 is 5.03. The second-order valence-corrected chi connectivity index (χ2v) is 9.64. The summed E-state index contributed by atoms with van der Waals surface area (Å²) in [5.74, 6) is 0.142. The number of hydrogen-bond donors (Lipinski definition) is 2. The minimum absolute atomic E-state index is 0.0513. The molecule has 1 fully saturated rings. The number of benzene rings is 1. The van der Waals surface area contributed by atoms with Gasteiger partial charge in [0.2, 0.25) is 0 Å². The number of amides is 2. The first-order valence-electron chi connectivity index (χ1n) is 9.56. The Labute approximate surface area is 174 Å². The molecule has 1 aliphatic heterocycles. The molecule has 2 aromatic rings. The molecule has 0 unspecified atom stereocenters. The molecule has 3 rings (SSSR count). The second-order valence-electron chi connectivity index (χ2n) is 7.98. The van der Waals surface area contributed by atoms with E-state index in [0.29, 0.717) is 35.9 Å². The van der Waals surface area contributed by atoms with Gasteiger partial charge in [-0.1, -0.05) is 35.5 Å². The van der Waals surface area contributed by atoms with Crippen LogP contribution in [-0.2, 0) is 11.2 Å². The van der Waals surface area contributed by atoms with Gasteiger partial charge in [-0.25, -0.2) is 0 Å². The summed E-state index contributed by atoms with van der Waals surface area (Å²) in [6, 6.07) is 8.70. The van der Waals surface area contributed by atoms with Crippen molar-refractivity contribution in [2.45, 2.75) is 51.0 Å². The molecule has 1 aromatic heterocycles. The van der Waals surface area contributed by atoms with Crippen molar-refractivity contribution in [1.82, 2.24) is 15.4 Å². The van der Waals surface area contributed by atoms with Crippen molar-refractivity contribution in [3.05, 3.63) is 52.9 Å². The smallest absolute Gasteiger partial charge is 0.257 e. The zero-order chi connectivity index (χ0) is 21.2. The number of thioether (sulfide) groups is 1. The van der Waals surface area contributed by atoms with Gasteiger partial charge in [0, 0.05) is 11.3 Å². The Morgan fingerprint density at radius 2 is 2.00 bits per heavy atom. The fraction of sp³-hybridized carbons (Fsp3) is 0.476. The lowest BCUT2D eigenvalue weighted by Gasteiger charge is -2.27. The lowest BCUT2D eigenvalue weighted by atomic mass is 9.99. The molecular weight excluding hydrogens is 390 g/mol. The molecule has 8 heteroatoms. The molecule has 0 aliphatic carbocycles. The fourth-order valence-electron chi connectivity index (χ4n) is 3.46. The predicted molar refractivity (Wildman–Crippen MR) is 112 cm³/mol. The van der Waals surface area contributed by atoms with Crippen LogP contribution in [0.2, 0.25) is 0 Å². The van der Waals surface area contributed by atoms with Crippen LogP contribution >= 0.6 is 11.8 Å². The van der Waals surface area contributed by atoms with Crippen molar-refractivity contribution >= 4 is 23.6 Å². The van der Waals surface area contributed by atoms with E-state index >= 15 is 0 Å². The SMILES string of the molecule is Cc1noc(C)c1C(=O)N[C@@H](Cc1ccccc1)[C@H](O)C(=O)N1CSC(C)(C)C1. The maximum Gasteiger partial charge on any atom is 0.257 e. The van der Waals surface area contributed by atoms with E-state index in [4.69, 9.17) is 4.52 Å². The average molecular weight is 418 g/mol. The molecule has 1 saturated heterocycles. The number of nitrogens with zero attached hydrogens (tertiary/aromatic N) is 2. The molecule has 2 N–H and O–H groups in total. The van der Waals surface area contributed by atoms with Crippen molar-refractivity contribution in [3.63, 3.8) is 0 Å². The van der Waals surface area contributed by atoms with Gasteiger partial charge in [0.25, 0.3) is 11.8 Å². The average Bonchev–Trinajstić information content (AvgIpc) is 3.21. The van der Waals surface area contributed by atoms with E-state index in [9.17, 15) is 14.7 Å². The summed E-state index contributed by atoms with van der Waals surface area (Å²) in [5, 5.41) is 17.5. The van der Waals surface area contributed by atoms with Crippen molar-refractivity contribution in [2.24, 2.45) is 0 Å². The van der Waals surface area contributed by atoms with Gasteiger partial charge in [-0.2, -0.15) is 0 Å². The van der Waals surface area contributed by atoms with Crippen LogP contribution in [0.3, 0.4) is 0 Å². The van der Waals surface area contributed by atoms with Gasteiger partial charge in [-0.15, -0.1) is 11.8 Å². The first-order valence-corrected chi connectivity index (χ1v) is 10.5. The number of carbonyl (C=O) groups excluding carboxylic acids is 2. The lowest BCUT2D eigenvalue weighted by molar-refractivity contribution is -0.140. The Morgan fingerprint density at radius 1 is 1.31 bits per heavy atom. The van der Waals surface area contributed by atoms with Gasteiger partial charge >= 0.3 is 0 Å². The first-order chi connectivity index (χ1) is 13.7. The highest BCUT2D eigenvalue weighted by Crippen LogP contribution is 2.33.